The zero-order valence-electron chi connectivity index (χ0n) is 14.5. The van der Waals surface area contributed by atoms with E-state index in [2.05, 4.69) is 0 Å². The Bertz CT molecular complexity index is 654. The van der Waals surface area contributed by atoms with Crippen LogP contribution < -0.4 is 0 Å². The summed E-state index contributed by atoms with van der Waals surface area (Å²) in [6.45, 7) is 0.880. The van der Waals surface area contributed by atoms with Crippen molar-refractivity contribution in [2.75, 3.05) is 34.4 Å². The highest BCUT2D eigenvalue weighted by atomic mass is 35.5. The van der Waals surface area contributed by atoms with E-state index in [4.69, 9.17) is 32.7 Å². The van der Waals surface area contributed by atoms with E-state index in [0.717, 1.165) is 0 Å². The molecule has 0 aliphatic carbocycles. The van der Waals surface area contributed by atoms with Crippen LogP contribution in [0.15, 0.2) is 48.5 Å². The molecule has 0 spiro atoms. The molecule has 25 heavy (non-hydrogen) atoms. The van der Waals surface area contributed by atoms with Gasteiger partial charge in [-0.15, -0.1) is 0 Å². The SMILES string of the molecule is COC(C(=O)OCCN(C)C)(c1ccc(Cl)cc1)c1ccc(Cl)cc1. The number of rotatable bonds is 7. The van der Waals surface area contributed by atoms with Crippen LogP contribution in [0.4, 0.5) is 0 Å². The lowest BCUT2D eigenvalue weighted by molar-refractivity contribution is -0.165. The quantitative estimate of drug-likeness (QED) is 0.679. The fourth-order valence-corrected chi connectivity index (χ4v) is 2.77. The second-order valence-electron chi connectivity index (χ2n) is 5.84. The van der Waals surface area contributed by atoms with Gasteiger partial charge in [0.05, 0.1) is 0 Å². The molecule has 0 heterocycles. The fraction of sp³-hybridized carbons (Fsp3) is 0.316. The van der Waals surface area contributed by atoms with E-state index in [-0.39, 0.29) is 6.61 Å². The summed E-state index contributed by atoms with van der Waals surface area (Å²) in [5.74, 6) is -0.485. The summed E-state index contributed by atoms with van der Waals surface area (Å²) in [6, 6.07) is 13.9. The average molecular weight is 382 g/mol. The predicted molar refractivity (Wildman–Crippen MR) is 100 cm³/mol. The van der Waals surface area contributed by atoms with Gasteiger partial charge in [-0.05, 0) is 49.5 Å². The highest BCUT2D eigenvalue weighted by Crippen LogP contribution is 2.36. The largest absolute Gasteiger partial charge is 0.462 e. The van der Waals surface area contributed by atoms with Crippen LogP contribution in [-0.2, 0) is 19.9 Å². The van der Waals surface area contributed by atoms with Gasteiger partial charge in [0.15, 0.2) is 0 Å². The summed E-state index contributed by atoms with van der Waals surface area (Å²) in [6.07, 6.45) is 0. The minimum absolute atomic E-state index is 0.262. The summed E-state index contributed by atoms with van der Waals surface area (Å²) in [7, 11) is 5.31. The third-order valence-corrected chi connectivity index (χ3v) is 4.37. The van der Waals surface area contributed by atoms with Gasteiger partial charge in [0.2, 0.25) is 5.60 Å². The van der Waals surface area contributed by atoms with Crippen molar-refractivity contribution in [2.45, 2.75) is 5.60 Å². The van der Waals surface area contributed by atoms with Crippen molar-refractivity contribution < 1.29 is 14.3 Å². The van der Waals surface area contributed by atoms with E-state index in [9.17, 15) is 4.79 Å². The molecule has 0 unspecified atom stereocenters. The summed E-state index contributed by atoms with van der Waals surface area (Å²) in [5, 5.41) is 1.15. The van der Waals surface area contributed by atoms with E-state index in [1.54, 1.807) is 48.5 Å². The molecular weight excluding hydrogens is 361 g/mol. The molecule has 0 atom stereocenters. The Labute approximate surface area is 158 Å². The lowest BCUT2D eigenvalue weighted by Crippen LogP contribution is -2.41. The van der Waals surface area contributed by atoms with Gasteiger partial charge >= 0.3 is 5.97 Å². The number of hydrogen-bond donors (Lipinski definition) is 0. The Morgan fingerprint density at radius 1 is 0.960 bits per heavy atom. The molecule has 2 aromatic rings. The van der Waals surface area contributed by atoms with E-state index >= 15 is 0 Å². The first-order valence-corrected chi connectivity index (χ1v) is 8.55. The molecule has 2 aromatic carbocycles. The van der Waals surface area contributed by atoms with Crippen molar-refractivity contribution in [1.82, 2.24) is 4.90 Å². The molecule has 0 aromatic heterocycles. The molecule has 2 rings (SSSR count). The Kier molecular flexibility index (Phi) is 6.85. The number of carbonyl (C=O) groups is 1. The van der Waals surface area contributed by atoms with Crippen LogP contribution >= 0.6 is 23.2 Å². The normalized spacial score (nSPS) is 11.6. The van der Waals surface area contributed by atoms with Crippen molar-refractivity contribution in [2.24, 2.45) is 0 Å². The molecule has 0 saturated heterocycles. The molecule has 4 nitrogen and oxygen atoms in total. The van der Waals surface area contributed by atoms with Crippen molar-refractivity contribution in [1.29, 1.82) is 0 Å². The Morgan fingerprint density at radius 2 is 1.40 bits per heavy atom. The zero-order chi connectivity index (χ0) is 18.4. The number of hydrogen-bond acceptors (Lipinski definition) is 4. The second kappa shape index (κ2) is 8.68. The van der Waals surface area contributed by atoms with E-state index in [1.165, 1.54) is 7.11 Å². The zero-order valence-corrected chi connectivity index (χ0v) is 16.0. The van der Waals surface area contributed by atoms with E-state index in [0.29, 0.717) is 27.7 Å². The molecule has 0 radical (unpaired) electrons. The molecule has 0 aliphatic heterocycles. The summed E-state index contributed by atoms with van der Waals surface area (Å²) in [5.41, 5.74) is -0.116. The topological polar surface area (TPSA) is 38.8 Å². The smallest absolute Gasteiger partial charge is 0.347 e. The van der Waals surface area contributed by atoms with Crippen LogP contribution in [0.2, 0.25) is 10.0 Å². The standard InChI is InChI=1S/C19H21Cl2NO3/c1-22(2)12-13-25-18(23)19(24-3,14-4-8-16(20)9-5-14)15-6-10-17(21)11-7-15/h4-11H,12-13H2,1-3H3. The van der Waals surface area contributed by atoms with Crippen LogP contribution in [0, 0.1) is 0 Å². The maximum atomic E-state index is 13.0. The summed E-state index contributed by atoms with van der Waals surface area (Å²) < 4.78 is 11.2. The molecular formula is C19H21Cl2NO3. The third-order valence-electron chi connectivity index (χ3n) is 3.87. The first kappa shape index (κ1) is 19.7. The minimum atomic E-state index is -1.39. The number of nitrogens with zero attached hydrogens (tertiary/aromatic N) is 1. The minimum Gasteiger partial charge on any atom is -0.462 e. The highest BCUT2D eigenvalue weighted by Gasteiger charge is 2.44. The first-order valence-electron chi connectivity index (χ1n) is 7.79. The molecule has 6 heteroatoms. The van der Waals surface area contributed by atoms with Gasteiger partial charge in [-0.3, -0.25) is 0 Å². The fourth-order valence-electron chi connectivity index (χ4n) is 2.51. The van der Waals surface area contributed by atoms with Gasteiger partial charge in [0.1, 0.15) is 6.61 Å². The van der Waals surface area contributed by atoms with Crippen molar-refractivity contribution >= 4 is 29.2 Å². The van der Waals surface area contributed by atoms with Gasteiger partial charge in [-0.2, -0.15) is 0 Å². The van der Waals surface area contributed by atoms with Gasteiger partial charge in [0, 0.05) is 23.7 Å². The molecule has 0 N–H and O–H groups in total. The van der Waals surface area contributed by atoms with Gasteiger partial charge in [-0.25, -0.2) is 4.79 Å². The molecule has 0 aliphatic rings. The average Bonchev–Trinajstić information content (AvgIpc) is 2.58. The van der Waals surface area contributed by atoms with Crippen LogP contribution in [-0.4, -0.2) is 45.2 Å². The maximum Gasteiger partial charge on any atom is 0.347 e. The lowest BCUT2D eigenvalue weighted by atomic mass is 9.86. The summed E-state index contributed by atoms with van der Waals surface area (Å²) in [4.78, 5) is 15.0. The van der Waals surface area contributed by atoms with Crippen LogP contribution in [0.5, 0.6) is 0 Å². The second-order valence-corrected chi connectivity index (χ2v) is 6.71. The monoisotopic (exact) mass is 381 g/mol. The number of ether oxygens (including phenoxy) is 2. The number of methoxy groups -OCH3 is 1. The number of esters is 1. The number of likely N-dealkylation sites (N-methyl/N-ethyl adjacent to an activating group) is 1. The van der Waals surface area contributed by atoms with Crippen LogP contribution in [0.1, 0.15) is 11.1 Å². The lowest BCUT2D eigenvalue weighted by Gasteiger charge is -2.31. The third kappa shape index (κ3) is 4.53. The van der Waals surface area contributed by atoms with Crippen molar-refractivity contribution in [3.8, 4) is 0 Å². The Morgan fingerprint density at radius 3 is 1.76 bits per heavy atom. The van der Waals surface area contributed by atoms with Crippen LogP contribution in [0.25, 0.3) is 0 Å². The van der Waals surface area contributed by atoms with Gasteiger partial charge in [-0.1, -0.05) is 47.5 Å². The number of carbonyl (C=O) groups excluding carboxylic acids is 1. The molecule has 0 bridgehead atoms. The van der Waals surface area contributed by atoms with Crippen molar-refractivity contribution in [3.63, 3.8) is 0 Å². The Balaban J connectivity index is 2.47. The molecule has 0 fully saturated rings. The van der Waals surface area contributed by atoms with Gasteiger partial charge < -0.3 is 14.4 Å². The molecule has 0 amide bonds. The van der Waals surface area contributed by atoms with Crippen molar-refractivity contribution in [3.05, 3.63) is 69.7 Å². The van der Waals surface area contributed by atoms with E-state index in [1.807, 2.05) is 19.0 Å². The van der Waals surface area contributed by atoms with Crippen LogP contribution in [0.3, 0.4) is 0 Å². The molecule has 0 saturated carbocycles. The van der Waals surface area contributed by atoms with E-state index < -0.39 is 11.6 Å². The number of benzene rings is 2. The number of halogens is 2. The molecule has 134 valence electrons. The Hall–Kier alpha value is -1.59. The highest BCUT2D eigenvalue weighted by molar-refractivity contribution is 6.30. The first-order chi connectivity index (χ1) is 11.9. The summed E-state index contributed by atoms with van der Waals surface area (Å²) >= 11 is 12.0. The predicted octanol–water partition coefficient (Wildman–Crippen LogP) is 3.99. The maximum absolute atomic E-state index is 13.0. The van der Waals surface area contributed by atoms with Gasteiger partial charge in [0.25, 0.3) is 0 Å².